The first kappa shape index (κ1) is 19.4. The predicted molar refractivity (Wildman–Crippen MR) is 113 cm³/mol. The number of hydrogen-bond acceptors (Lipinski definition) is 3. The van der Waals surface area contributed by atoms with E-state index in [2.05, 4.69) is 5.32 Å². The van der Waals surface area contributed by atoms with Crippen LogP contribution in [0.4, 0.5) is 10.5 Å². The number of rotatable bonds is 5. The Balaban J connectivity index is 1.86. The quantitative estimate of drug-likeness (QED) is 0.526. The maximum Gasteiger partial charge on any atom is 0.328 e. The molecule has 1 saturated heterocycles. The Hall–Kier alpha value is -3.93. The van der Waals surface area contributed by atoms with Crippen LogP contribution in [-0.2, 0) is 21.7 Å². The summed E-state index contributed by atoms with van der Waals surface area (Å²) in [5.41, 5.74) is 0.00443. The topological polar surface area (TPSA) is 69.7 Å². The van der Waals surface area contributed by atoms with Crippen molar-refractivity contribution >= 4 is 23.5 Å². The first-order valence-electron chi connectivity index (χ1n) is 9.61. The lowest BCUT2D eigenvalue weighted by molar-refractivity contribution is -0.141. The number of carbonyl (C=O) groups excluding carboxylic acids is 3. The zero-order valence-corrected chi connectivity index (χ0v) is 16.5. The third kappa shape index (κ3) is 3.12. The minimum absolute atomic E-state index is 0.118. The Bertz CT molecular complexity index is 1070. The zero-order chi connectivity index (χ0) is 21.1. The number of amides is 4. The first-order valence-corrected chi connectivity index (χ1v) is 9.61. The molecular formula is C24H21N3O3. The van der Waals surface area contributed by atoms with Gasteiger partial charge in [0.15, 0.2) is 0 Å². The molecule has 4 amide bonds. The summed E-state index contributed by atoms with van der Waals surface area (Å²) in [5.74, 6) is -1.15. The zero-order valence-electron chi connectivity index (χ0n) is 16.5. The fourth-order valence-corrected chi connectivity index (χ4v) is 3.77. The number of para-hydroxylation sites is 1. The summed E-state index contributed by atoms with van der Waals surface area (Å²) in [7, 11) is 1.41. The summed E-state index contributed by atoms with van der Waals surface area (Å²) < 4.78 is 0. The third-order valence-corrected chi connectivity index (χ3v) is 5.27. The first-order chi connectivity index (χ1) is 14.5. The molecule has 3 aromatic carbocycles. The predicted octanol–water partition coefficient (Wildman–Crippen LogP) is 3.61. The minimum Gasteiger partial charge on any atom is -0.323 e. The Morgan fingerprint density at radius 1 is 0.833 bits per heavy atom. The summed E-state index contributed by atoms with van der Waals surface area (Å²) in [6, 6.07) is 26.4. The van der Waals surface area contributed by atoms with Gasteiger partial charge in [0.05, 0.1) is 0 Å². The maximum atomic E-state index is 13.7. The van der Waals surface area contributed by atoms with Crippen molar-refractivity contribution in [1.29, 1.82) is 0 Å². The van der Waals surface area contributed by atoms with E-state index >= 15 is 0 Å². The van der Waals surface area contributed by atoms with E-state index in [9.17, 15) is 14.4 Å². The molecule has 3 aromatic rings. The highest BCUT2D eigenvalue weighted by atomic mass is 16.2. The van der Waals surface area contributed by atoms with E-state index in [4.69, 9.17) is 0 Å². The van der Waals surface area contributed by atoms with Gasteiger partial charge in [0.1, 0.15) is 0 Å². The smallest absolute Gasteiger partial charge is 0.323 e. The second-order valence-electron chi connectivity index (χ2n) is 7.12. The second kappa shape index (κ2) is 7.83. The van der Waals surface area contributed by atoms with Crippen molar-refractivity contribution in [2.75, 3.05) is 12.4 Å². The second-order valence-corrected chi connectivity index (χ2v) is 7.12. The van der Waals surface area contributed by atoms with Crippen LogP contribution >= 0.6 is 0 Å². The summed E-state index contributed by atoms with van der Waals surface area (Å²) in [6.07, 6.45) is 0. The SMILES string of the molecule is CN1C(=O)N(Cc2ccccc2)C(C(=O)Nc2ccccc2)(c2ccccc2)C1=O. The summed E-state index contributed by atoms with van der Waals surface area (Å²) in [4.78, 5) is 42.6. The van der Waals surface area contributed by atoms with Crippen LogP contribution in [0.2, 0.25) is 0 Å². The van der Waals surface area contributed by atoms with Crippen LogP contribution in [0.1, 0.15) is 11.1 Å². The molecule has 6 heteroatoms. The highest BCUT2D eigenvalue weighted by Crippen LogP contribution is 2.39. The molecule has 1 aliphatic rings. The Kier molecular flexibility index (Phi) is 5.06. The van der Waals surface area contributed by atoms with E-state index in [0.717, 1.165) is 10.5 Å². The Labute approximate surface area is 174 Å². The number of nitrogens with one attached hydrogen (secondary N) is 1. The molecule has 0 aliphatic carbocycles. The molecule has 4 rings (SSSR count). The molecular weight excluding hydrogens is 378 g/mol. The Morgan fingerprint density at radius 3 is 1.97 bits per heavy atom. The highest BCUT2D eigenvalue weighted by Gasteiger charge is 2.62. The van der Waals surface area contributed by atoms with Crippen LogP contribution in [-0.4, -0.2) is 34.7 Å². The molecule has 1 aliphatic heterocycles. The number of urea groups is 1. The lowest BCUT2D eigenvalue weighted by atomic mass is 9.86. The molecule has 1 fully saturated rings. The summed E-state index contributed by atoms with van der Waals surface area (Å²) in [5, 5.41) is 2.83. The van der Waals surface area contributed by atoms with Gasteiger partial charge in [0.25, 0.3) is 11.8 Å². The number of benzene rings is 3. The molecule has 6 nitrogen and oxygen atoms in total. The maximum absolute atomic E-state index is 13.7. The van der Waals surface area contributed by atoms with Gasteiger partial charge in [0, 0.05) is 19.3 Å². The fourth-order valence-electron chi connectivity index (χ4n) is 3.77. The molecule has 0 saturated carbocycles. The van der Waals surface area contributed by atoms with Crippen LogP contribution in [0.5, 0.6) is 0 Å². The molecule has 30 heavy (non-hydrogen) atoms. The summed E-state index contributed by atoms with van der Waals surface area (Å²) >= 11 is 0. The minimum atomic E-state index is -1.81. The van der Waals surface area contributed by atoms with Gasteiger partial charge in [-0.1, -0.05) is 78.9 Å². The van der Waals surface area contributed by atoms with Gasteiger partial charge in [-0.15, -0.1) is 0 Å². The molecule has 0 aromatic heterocycles. The van der Waals surface area contributed by atoms with Gasteiger partial charge < -0.3 is 5.32 Å². The molecule has 150 valence electrons. The van der Waals surface area contributed by atoms with Crippen molar-refractivity contribution in [3.8, 4) is 0 Å². The molecule has 1 N–H and O–H groups in total. The average molecular weight is 399 g/mol. The van der Waals surface area contributed by atoms with Crippen LogP contribution in [0.3, 0.4) is 0 Å². The van der Waals surface area contributed by atoms with Crippen molar-refractivity contribution in [2.24, 2.45) is 0 Å². The van der Waals surface area contributed by atoms with Crippen molar-refractivity contribution in [2.45, 2.75) is 12.1 Å². The van der Waals surface area contributed by atoms with Crippen molar-refractivity contribution in [1.82, 2.24) is 9.80 Å². The lowest BCUT2D eigenvalue weighted by Crippen LogP contribution is -2.55. The Morgan fingerprint density at radius 2 is 1.37 bits per heavy atom. The number of anilines is 1. The van der Waals surface area contributed by atoms with Gasteiger partial charge in [-0.05, 0) is 23.3 Å². The van der Waals surface area contributed by atoms with Crippen LogP contribution in [0.25, 0.3) is 0 Å². The van der Waals surface area contributed by atoms with E-state index in [1.54, 1.807) is 54.6 Å². The highest BCUT2D eigenvalue weighted by molar-refractivity contribution is 6.23. The van der Waals surface area contributed by atoms with Crippen molar-refractivity contribution < 1.29 is 14.4 Å². The normalized spacial score (nSPS) is 18.6. The monoisotopic (exact) mass is 399 g/mol. The van der Waals surface area contributed by atoms with Crippen LogP contribution < -0.4 is 5.32 Å². The average Bonchev–Trinajstić information content (AvgIpc) is 2.97. The van der Waals surface area contributed by atoms with Gasteiger partial charge in [-0.2, -0.15) is 0 Å². The van der Waals surface area contributed by atoms with Gasteiger partial charge >= 0.3 is 6.03 Å². The fraction of sp³-hybridized carbons (Fsp3) is 0.125. The van der Waals surface area contributed by atoms with Gasteiger partial charge in [-0.25, -0.2) is 4.79 Å². The van der Waals surface area contributed by atoms with E-state index in [0.29, 0.717) is 11.3 Å². The number of likely N-dealkylation sites (N-methyl/N-ethyl adjacent to an activating group) is 1. The van der Waals surface area contributed by atoms with Crippen molar-refractivity contribution in [3.63, 3.8) is 0 Å². The molecule has 0 radical (unpaired) electrons. The molecule has 1 atom stereocenters. The van der Waals surface area contributed by atoms with Crippen LogP contribution in [0, 0.1) is 0 Å². The number of carbonyl (C=O) groups is 3. The van der Waals surface area contributed by atoms with Gasteiger partial charge in [-0.3, -0.25) is 19.4 Å². The van der Waals surface area contributed by atoms with E-state index in [1.807, 2.05) is 36.4 Å². The van der Waals surface area contributed by atoms with E-state index in [-0.39, 0.29) is 6.54 Å². The molecule has 1 unspecified atom stereocenters. The molecule has 0 bridgehead atoms. The van der Waals surface area contributed by atoms with E-state index in [1.165, 1.54) is 11.9 Å². The number of nitrogens with zero attached hydrogens (tertiary/aromatic N) is 2. The van der Waals surface area contributed by atoms with Crippen molar-refractivity contribution in [3.05, 3.63) is 102 Å². The third-order valence-electron chi connectivity index (χ3n) is 5.27. The molecule has 1 heterocycles. The number of hydrogen-bond donors (Lipinski definition) is 1. The lowest BCUT2D eigenvalue weighted by Gasteiger charge is -2.34. The number of imide groups is 1. The largest absolute Gasteiger partial charge is 0.328 e. The standard InChI is InChI=1S/C24H21N3O3/c1-26-22(29)24(19-13-7-3-8-14-19,21(28)25-20-15-9-4-10-16-20)27(23(26)30)17-18-11-5-2-6-12-18/h2-16H,17H2,1H3,(H,25,28). The van der Waals surface area contributed by atoms with Crippen LogP contribution in [0.15, 0.2) is 91.0 Å². The molecule has 0 spiro atoms. The summed E-state index contributed by atoms with van der Waals surface area (Å²) in [6.45, 7) is 0.118. The van der Waals surface area contributed by atoms with E-state index < -0.39 is 23.4 Å². The van der Waals surface area contributed by atoms with Gasteiger partial charge in [0.2, 0.25) is 5.54 Å².